The van der Waals surface area contributed by atoms with Crippen LogP contribution in [0.25, 0.3) is 38.6 Å². The quantitative estimate of drug-likeness (QED) is 0.175. The fourth-order valence-electron chi connectivity index (χ4n) is 6.62. The number of hydrogen-bond acceptors (Lipinski definition) is 3. The van der Waals surface area contributed by atoms with E-state index in [0.717, 1.165) is 39.2 Å². The molecule has 4 nitrogen and oxygen atoms in total. The number of aromatic nitrogens is 1. The van der Waals surface area contributed by atoms with Gasteiger partial charge < -0.3 is 18.8 Å². The van der Waals surface area contributed by atoms with Crippen molar-refractivity contribution in [1.29, 1.82) is 0 Å². The lowest BCUT2D eigenvalue weighted by Gasteiger charge is -2.32. The van der Waals surface area contributed by atoms with Gasteiger partial charge in [0.2, 0.25) is 0 Å². The molecule has 0 radical (unpaired) electrons. The standard InChI is InChI=1S/C42H37BN2O2/c1-41(2)42(3,4)47-43(46-41)32-22-27-40-38(29-32)37-20-11-12-21-39(37)45(40)35-25-23-34(24-26-35)44(33-17-9-6-10-18-33)36-19-13-16-31(28-36)30-14-7-5-8-15-30/h5-29H,1-4H3. The smallest absolute Gasteiger partial charge is 0.399 e. The van der Waals surface area contributed by atoms with Crippen LogP contribution >= 0.6 is 0 Å². The van der Waals surface area contributed by atoms with E-state index in [9.17, 15) is 0 Å². The molecule has 0 saturated carbocycles. The predicted molar refractivity (Wildman–Crippen MR) is 197 cm³/mol. The van der Waals surface area contributed by atoms with E-state index in [0.29, 0.717) is 0 Å². The van der Waals surface area contributed by atoms with Crippen LogP contribution in [0.15, 0.2) is 152 Å². The molecule has 0 bridgehead atoms. The van der Waals surface area contributed by atoms with Gasteiger partial charge in [0.1, 0.15) is 0 Å². The van der Waals surface area contributed by atoms with Crippen LogP contribution in [0.4, 0.5) is 17.1 Å². The molecule has 0 unspecified atom stereocenters. The Morgan fingerprint density at radius 3 is 1.79 bits per heavy atom. The van der Waals surface area contributed by atoms with Gasteiger partial charge >= 0.3 is 7.12 Å². The van der Waals surface area contributed by atoms with Crippen molar-refractivity contribution in [2.45, 2.75) is 38.9 Å². The van der Waals surface area contributed by atoms with Gasteiger partial charge in [-0.1, -0.05) is 91.0 Å². The van der Waals surface area contributed by atoms with Crippen molar-refractivity contribution < 1.29 is 9.31 Å². The fraction of sp³-hybridized carbons (Fsp3) is 0.143. The lowest BCUT2D eigenvalue weighted by molar-refractivity contribution is 0.00578. The Hall–Kier alpha value is -5.10. The van der Waals surface area contributed by atoms with E-state index in [1.807, 2.05) is 0 Å². The van der Waals surface area contributed by atoms with Crippen LogP contribution in [0.5, 0.6) is 0 Å². The largest absolute Gasteiger partial charge is 0.494 e. The Balaban J connectivity index is 1.20. The molecule has 0 spiro atoms. The molecule has 0 aliphatic carbocycles. The number of fused-ring (bicyclic) bond motifs is 3. The summed E-state index contributed by atoms with van der Waals surface area (Å²) in [4.78, 5) is 2.32. The molecule has 1 aliphatic rings. The Kier molecular flexibility index (Phi) is 7.05. The minimum absolute atomic E-state index is 0.390. The molecule has 0 atom stereocenters. The molecule has 1 aliphatic heterocycles. The van der Waals surface area contributed by atoms with Gasteiger partial charge in [0.25, 0.3) is 0 Å². The highest BCUT2D eigenvalue weighted by molar-refractivity contribution is 6.62. The van der Waals surface area contributed by atoms with Crippen molar-refractivity contribution in [1.82, 2.24) is 4.57 Å². The monoisotopic (exact) mass is 612 g/mol. The van der Waals surface area contributed by atoms with Gasteiger partial charge in [-0.05, 0) is 105 Å². The number of anilines is 3. The average molecular weight is 613 g/mol. The second-order valence-corrected chi connectivity index (χ2v) is 13.3. The third-order valence-electron chi connectivity index (χ3n) is 9.81. The van der Waals surface area contributed by atoms with Crippen molar-refractivity contribution in [3.8, 4) is 16.8 Å². The molecule has 0 N–H and O–H groups in total. The highest BCUT2D eigenvalue weighted by atomic mass is 16.7. The molecule has 7 aromatic rings. The summed E-state index contributed by atoms with van der Waals surface area (Å²) in [5, 5.41) is 2.38. The van der Waals surface area contributed by atoms with Gasteiger partial charge in [-0.15, -0.1) is 0 Å². The number of hydrogen-bond donors (Lipinski definition) is 0. The molecular formula is C42H37BN2O2. The first-order valence-electron chi connectivity index (χ1n) is 16.3. The molecule has 0 amide bonds. The summed E-state index contributed by atoms with van der Waals surface area (Å²) in [5.41, 5.74) is 9.37. The third kappa shape index (κ3) is 5.13. The number of benzene rings is 6. The first-order valence-corrected chi connectivity index (χ1v) is 16.3. The van der Waals surface area contributed by atoms with Crippen molar-refractivity contribution in [2.24, 2.45) is 0 Å². The Morgan fingerprint density at radius 2 is 1.06 bits per heavy atom. The highest BCUT2D eigenvalue weighted by Crippen LogP contribution is 2.39. The Morgan fingerprint density at radius 1 is 0.489 bits per heavy atom. The van der Waals surface area contributed by atoms with Crippen molar-refractivity contribution in [3.63, 3.8) is 0 Å². The number of para-hydroxylation sites is 2. The molecule has 47 heavy (non-hydrogen) atoms. The molecule has 1 fully saturated rings. The van der Waals surface area contributed by atoms with Crippen LogP contribution in [0.3, 0.4) is 0 Å². The van der Waals surface area contributed by atoms with Crippen LogP contribution in [0.1, 0.15) is 27.7 Å². The second kappa shape index (κ2) is 11.3. The van der Waals surface area contributed by atoms with Crippen molar-refractivity contribution in [2.75, 3.05) is 4.90 Å². The van der Waals surface area contributed by atoms with Crippen LogP contribution in [-0.2, 0) is 9.31 Å². The van der Waals surface area contributed by atoms with E-state index < -0.39 is 18.3 Å². The Bertz CT molecular complexity index is 2190. The SMILES string of the molecule is CC1(C)OB(c2ccc3c(c2)c2ccccc2n3-c2ccc(N(c3ccccc3)c3cccc(-c4ccccc4)c3)cc2)OC1(C)C. The first-order chi connectivity index (χ1) is 22.8. The number of rotatable bonds is 6. The summed E-state index contributed by atoms with van der Waals surface area (Å²) in [7, 11) is -0.407. The summed E-state index contributed by atoms with van der Waals surface area (Å²) >= 11 is 0. The van der Waals surface area contributed by atoms with E-state index in [-0.39, 0.29) is 0 Å². The molecule has 1 saturated heterocycles. The topological polar surface area (TPSA) is 26.6 Å². The van der Waals surface area contributed by atoms with Gasteiger partial charge in [0.05, 0.1) is 22.2 Å². The average Bonchev–Trinajstić information content (AvgIpc) is 3.54. The summed E-state index contributed by atoms with van der Waals surface area (Å²) in [6.07, 6.45) is 0. The summed E-state index contributed by atoms with van der Waals surface area (Å²) in [6, 6.07) is 53.9. The lowest BCUT2D eigenvalue weighted by atomic mass is 9.78. The molecule has 2 heterocycles. The predicted octanol–water partition coefficient (Wildman–Crippen LogP) is 10.2. The van der Waals surface area contributed by atoms with E-state index >= 15 is 0 Å². The maximum atomic E-state index is 6.41. The Labute approximate surface area is 277 Å². The van der Waals surface area contributed by atoms with Gasteiger partial charge in [0.15, 0.2) is 0 Å². The summed E-state index contributed by atoms with van der Waals surface area (Å²) < 4.78 is 15.2. The molecule has 8 rings (SSSR count). The second-order valence-electron chi connectivity index (χ2n) is 13.3. The molecule has 230 valence electrons. The molecule has 6 aromatic carbocycles. The molecular weight excluding hydrogens is 575 g/mol. The van der Waals surface area contributed by atoms with Crippen LogP contribution < -0.4 is 10.4 Å². The van der Waals surface area contributed by atoms with E-state index in [1.165, 1.54) is 21.9 Å². The minimum atomic E-state index is -0.407. The van der Waals surface area contributed by atoms with Gasteiger partial charge in [-0.3, -0.25) is 0 Å². The van der Waals surface area contributed by atoms with Crippen LogP contribution in [0, 0.1) is 0 Å². The van der Waals surface area contributed by atoms with Crippen LogP contribution in [0.2, 0.25) is 0 Å². The molecule has 5 heteroatoms. The fourth-order valence-corrected chi connectivity index (χ4v) is 6.62. The maximum Gasteiger partial charge on any atom is 0.494 e. The number of nitrogens with zero attached hydrogens (tertiary/aromatic N) is 2. The highest BCUT2D eigenvalue weighted by Gasteiger charge is 2.51. The summed E-state index contributed by atoms with van der Waals surface area (Å²) in [6.45, 7) is 8.39. The third-order valence-corrected chi connectivity index (χ3v) is 9.81. The van der Waals surface area contributed by atoms with E-state index in [1.54, 1.807) is 0 Å². The van der Waals surface area contributed by atoms with Crippen molar-refractivity contribution >= 4 is 51.4 Å². The normalized spacial score (nSPS) is 15.4. The van der Waals surface area contributed by atoms with Gasteiger partial charge in [-0.2, -0.15) is 0 Å². The zero-order chi connectivity index (χ0) is 32.2. The maximum absolute atomic E-state index is 6.41. The van der Waals surface area contributed by atoms with E-state index in [2.05, 4.69) is 189 Å². The van der Waals surface area contributed by atoms with Gasteiger partial charge in [0, 0.05) is 33.5 Å². The van der Waals surface area contributed by atoms with Crippen LogP contribution in [-0.4, -0.2) is 22.9 Å². The first kappa shape index (κ1) is 29.3. The van der Waals surface area contributed by atoms with Gasteiger partial charge in [-0.25, -0.2) is 0 Å². The lowest BCUT2D eigenvalue weighted by Crippen LogP contribution is -2.41. The van der Waals surface area contributed by atoms with Crippen molar-refractivity contribution in [3.05, 3.63) is 152 Å². The summed E-state index contributed by atoms with van der Waals surface area (Å²) in [5.74, 6) is 0. The zero-order valence-electron chi connectivity index (χ0n) is 27.2. The molecule has 1 aromatic heterocycles. The van der Waals surface area contributed by atoms with E-state index in [4.69, 9.17) is 9.31 Å². The zero-order valence-corrected chi connectivity index (χ0v) is 27.2. The minimum Gasteiger partial charge on any atom is -0.399 e.